The van der Waals surface area contributed by atoms with Gasteiger partial charge in [0.15, 0.2) is 0 Å². The van der Waals surface area contributed by atoms with Crippen LogP contribution in [0.2, 0.25) is 10.0 Å². The minimum atomic E-state index is -0.575. The molecule has 0 radical (unpaired) electrons. The van der Waals surface area contributed by atoms with Gasteiger partial charge >= 0.3 is 5.69 Å². The number of carbonyl (C=O) groups excluding carboxylic acids is 1. The molecule has 2 aromatic carbocycles. The van der Waals surface area contributed by atoms with E-state index in [-0.39, 0.29) is 24.0 Å². The second-order valence-corrected chi connectivity index (χ2v) is 10.1. The number of anilines is 2. The highest BCUT2D eigenvalue weighted by molar-refractivity contribution is 6.36. The van der Waals surface area contributed by atoms with Crippen LogP contribution in [-0.2, 0) is 13.1 Å². The molecule has 0 unspecified atom stereocenters. The Morgan fingerprint density at radius 3 is 2.61 bits per heavy atom. The molecule has 3 heterocycles. The van der Waals surface area contributed by atoms with E-state index in [0.717, 1.165) is 16.6 Å². The molecule has 0 bridgehead atoms. The lowest BCUT2D eigenvalue weighted by Crippen LogP contribution is -2.23. The number of para-hydroxylation sites is 1. The van der Waals surface area contributed by atoms with Gasteiger partial charge in [0.1, 0.15) is 5.82 Å². The highest BCUT2D eigenvalue weighted by Gasteiger charge is 2.19. The molecule has 41 heavy (non-hydrogen) atoms. The standard InChI is InChI=1S/C29H25Cl2N7O3/c30-19-7-9-21(24(31)14-19)22-16-37(13-3-12-33-27-11-10-26(38(40)41)28(32)36-27)17-23(22)29(39)34-15-20-8-6-18-4-1-2-5-25(18)35-20/h1-2,4-11,14,16-17H,3,12-13,15H2,(H,34,39)(H3,32,33,36). The summed E-state index contributed by atoms with van der Waals surface area (Å²) in [6.07, 6.45) is 4.33. The van der Waals surface area contributed by atoms with Crippen molar-refractivity contribution in [1.29, 1.82) is 0 Å². The molecule has 5 rings (SSSR count). The number of benzene rings is 2. The van der Waals surface area contributed by atoms with Gasteiger partial charge in [0.05, 0.1) is 28.2 Å². The Labute approximate surface area is 245 Å². The fraction of sp³-hybridized carbons (Fsp3) is 0.138. The summed E-state index contributed by atoms with van der Waals surface area (Å²) < 4.78 is 1.92. The lowest BCUT2D eigenvalue weighted by Gasteiger charge is -2.08. The van der Waals surface area contributed by atoms with Crippen molar-refractivity contribution in [2.24, 2.45) is 0 Å². The summed E-state index contributed by atoms with van der Waals surface area (Å²) in [6.45, 7) is 1.36. The molecule has 5 aromatic rings. The molecule has 208 valence electrons. The van der Waals surface area contributed by atoms with E-state index >= 15 is 0 Å². The number of hydrogen-bond acceptors (Lipinski definition) is 7. The second-order valence-electron chi connectivity index (χ2n) is 9.26. The summed E-state index contributed by atoms with van der Waals surface area (Å²) in [5.74, 6) is 0.0319. The second kappa shape index (κ2) is 12.2. The molecule has 0 saturated heterocycles. The normalized spacial score (nSPS) is 11.0. The van der Waals surface area contributed by atoms with E-state index in [4.69, 9.17) is 28.9 Å². The van der Waals surface area contributed by atoms with Gasteiger partial charge < -0.3 is 20.9 Å². The smallest absolute Gasteiger partial charge is 0.311 e. The summed E-state index contributed by atoms with van der Waals surface area (Å²) in [7, 11) is 0. The zero-order valence-corrected chi connectivity index (χ0v) is 23.2. The van der Waals surface area contributed by atoms with E-state index in [1.807, 2.05) is 47.2 Å². The zero-order valence-electron chi connectivity index (χ0n) is 21.7. The van der Waals surface area contributed by atoms with Gasteiger partial charge in [-0.25, -0.2) is 4.98 Å². The van der Waals surface area contributed by atoms with Crippen molar-refractivity contribution in [3.05, 3.63) is 111 Å². The van der Waals surface area contributed by atoms with Crippen LogP contribution in [0.5, 0.6) is 0 Å². The van der Waals surface area contributed by atoms with Crippen LogP contribution in [0.1, 0.15) is 22.5 Å². The Morgan fingerprint density at radius 1 is 1.00 bits per heavy atom. The first kappa shape index (κ1) is 27.9. The Morgan fingerprint density at radius 2 is 1.83 bits per heavy atom. The van der Waals surface area contributed by atoms with Gasteiger partial charge in [-0.2, -0.15) is 0 Å². The zero-order chi connectivity index (χ0) is 28.9. The Balaban J connectivity index is 1.30. The largest absolute Gasteiger partial charge is 0.378 e. The molecule has 0 aliphatic carbocycles. The number of nitrogens with two attached hydrogens (primary N) is 1. The molecule has 3 aromatic heterocycles. The minimum absolute atomic E-state index is 0.149. The topological polar surface area (TPSA) is 141 Å². The van der Waals surface area contributed by atoms with Gasteiger partial charge in [-0.3, -0.25) is 19.9 Å². The average Bonchev–Trinajstić information content (AvgIpc) is 3.37. The molecule has 10 nitrogen and oxygen atoms in total. The third-order valence-corrected chi connectivity index (χ3v) is 6.98. The SMILES string of the molecule is Nc1nc(NCCCn2cc(C(=O)NCc3ccc4ccccc4n3)c(-c3ccc(Cl)cc3Cl)c2)ccc1[N+](=O)[O-]. The van der Waals surface area contributed by atoms with Gasteiger partial charge in [0, 0.05) is 58.1 Å². The third kappa shape index (κ3) is 6.56. The molecule has 1 amide bonds. The quantitative estimate of drug-likeness (QED) is 0.0981. The number of aromatic nitrogens is 3. The van der Waals surface area contributed by atoms with E-state index in [0.29, 0.717) is 52.1 Å². The van der Waals surface area contributed by atoms with Gasteiger partial charge in [-0.15, -0.1) is 0 Å². The lowest BCUT2D eigenvalue weighted by molar-refractivity contribution is -0.384. The predicted molar refractivity (Wildman–Crippen MR) is 161 cm³/mol. The van der Waals surface area contributed by atoms with Crippen LogP contribution < -0.4 is 16.4 Å². The van der Waals surface area contributed by atoms with E-state index in [1.54, 1.807) is 24.4 Å². The molecule has 0 saturated carbocycles. The van der Waals surface area contributed by atoms with Gasteiger partial charge in [-0.1, -0.05) is 53.5 Å². The monoisotopic (exact) mass is 589 g/mol. The first-order chi connectivity index (χ1) is 19.8. The summed E-state index contributed by atoms with van der Waals surface area (Å²) >= 11 is 12.6. The molecule has 0 atom stereocenters. The number of aryl methyl sites for hydroxylation is 1. The van der Waals surface area contributed by atoms with Crippen molar-refractivity contribution in [2.75, 3.05) is 17.6 Å². The van der Waals surface area contributed by atoms with E-state index in [2.05, 4.69) is 20.6 Å². The molecule has 0 aliphatic rings. The molecule has 0 spiro atoms. The van der Waals surface area contributed by atoms with Crippen LogP contribution in [0.25, 0.3) is 22.0 Å². The van der Waals surface area contributed by atoms with Crippen LogP contribution >= 0.6 is 23.2 Å². The van der Waals surface area contributed by atoms with E-state index < -0.39 is 4.92 Å². The van der Waals surface area contributed by atoms with Gasteiger partial charge in [0.2, 0.25) is 5.82 Å². The number of rotatable bonds is 10. The Kier molecular flexibility index (Phi) is 8.32. The minimum Gasteiger partial charge on any atom is -0.378 e. The van der Waals surface area contributed by atoms with Crippen LogP contribution in [0.15, 0.2) is 79.1 Å². The van der Waals surface area contributed by atoms with Crippen molar-refractivity contribution < 1.29 is 9.72 Å². The fourth-order valence-corrected chi connectivity index (χ4v) is 4.92. The van der Waals surface area contributed by atoms with Crippen LogP contribution in [0, 0.1) is 10.1 Å². The first-order valence-corrected chi connectivity index (χ1v) is 13.5. The maximum absolute atomic E-state index is 13.4. The number of nitro groups is 1. The number of carbonyl (C=O) groups is 1. The summed E-state index contributed by atoms with van der Waals surface area (Å²) in [4.78, 5) is 32.4. The Bertz CT molecular complexity index is 1760. The number of nitrogen functional groups attached to an aromatic ring is 1. The number of nitrogens with zero attached hydrogens (tertiary/aromatic N) is 4. The maximum Gasteiger partial charge on any atom is 0.311 e. The molecule has 0 fully saturated rings. The van der Waals surface area contributed by atoms with Crippen molar-refractivity contribution in [1.82, 2.24) is 19.9 Å². The molecule has 12 heteroatoms. The number of fused-ring (bicyclic) bond motifs is 1. The van der Waals surface area contributed by atoms with Gasteiger partial charge in [-0.05, 0) is 36.8 Å². The van der Waals surface area contributed by atoms with Crippen molar-refractivity contribution >= 4 is 57.3 Å². The number of halogens is 2. The van der Waals surface area contributed by atoms with Crippen LogP contribution in [-0.4, -0.2) is 31.9 Å². The van der Waals surface area contributed by atoms with Crippen molar-refractivity contribution in [3.63, 3.8) is 0 Å². The Hall–Kier alpha value is -4.67. The molecular formula is C29H25Cl2N7O3. The lowest BCUT2D eigenvalue weighted by atomic mass is 10.0. The van der Waals surface area contributed by atoms with Crippen molar-refractivity contribution in [2.45, 2.75) is 19.5 Å². The summed E-state index contributed by atoms with van der Waals surface area (Å²) in [5.41, 5.74) is 8.87. The van der Waals surface area contributed by atoms with Crippen LogP contribution in [0.4, 0.5) is 17.3 Å². The van der Waals surface area contributed by atoms with Gasteiger partial charge in [0.25, 0.3) is 5.91 Å². The number of hydrogen-bond donors (Lipinski definition) is 3. The van der Waals surface area contributed by atoms with Crippen molar-refractivity contribution in [3.8, 4) is 11.1 Å². The fourth-order valence-electron chi connectivity index (χ4n) is 4.41. The van der Waals surface area contributed by atoms with E-state index in [9.17, 15) is 14.9 Å². The number of amides is 1. The maximum atomic E-state index is 13.4. The third-order valence-electron chi connectivity index (χ3n) is 6.43. The highest BCUT2D eigenvalue weighted by atomic mass is 35.5. The molecular weight excluding hydrogens is 565 g/mol. The predicted octanol–water partition coefficient (Wildman–Crippen LogP) is 6.33. The summed E-state index contributed by atoms with van der Waals surface area (Å²) in [6, 6.07) is 19.7. The van der Waals surface area contributed by atoms with E-state index in [1.165, 1.54) is 12.1 Å². The highest BCUT2D eigenvalue weighted by Crippen LogP contribution is 2.33. The number of nitrogens with one attached hydrogen (secondary N) is 2. The summed E-state index contributed by atoms with van der Waals surface area (Å²) in [5, 5.41) is 19.0. The molecule has 0 aliphatic heterocycles. The number of pyridine rings is 2. The first-order valence-electron chi connectivity index (χ1n) is 12.7. The average molecular weight is 590 g/mol. The van der Waals surface area contributed by atoms with Crippen LogP contribution in [0.3, 0.4) is 0 Å². The molecule has 4 N–H and O–H groups in total.